The third-order valence-corrected chi connectivity index (χ3v) is 4.53. The van der Waals surface area contributed by atoms with Crippen LogP contribution in [-0.2, 0) is 4.74 Å². The molecule has 1 aromatic carbocycles. The van der Waals surface area contributed by atoms with Gasteiger partial charge in [-0.25, -0.2) is 4.79 Å². The first-order valence-corrected chi connectivity index (χ1v) is 7.11. The van der Waals surface area contributed by atoms with Gasteiger partial charge >= 0.3 is 5.97 Å². The van der Waals surface area contributed by atoms with Crippen LogP contribution in [0.15, 0.2) is 27.6 Å². The Labute approximate surface area is 113 Å². The third-order valence-electron chi connectivity index (χ3n) is 2.64. The Kier molecular flexibility index (Phi) is 4.48. The number of carbonyl (C=O) groups is 1. The van der Waals surface area contributed by atoms with Gasteiger partial charge in [-0.15, -0.1) is 11.8 Å². The smallest absolute Gasteiger partial charge is 0.336 e. The van der Waals surface area contributed by atoms with Crippen molar-refractivity contribution in [1.82, 2.24) is 0 Å². The number of rotatable bonds is 3. The van der Waals surface area contributed by atoms with Crippen molar-refractivity contribution >= 4 is 33.7 Å². The summed E-state index contributed by atoms with van der Waals surface area (Å²) >= 11 is 5.02. The quantitative estimate of drug-likeness (QED) is 0.928. The molecule has 0 unspecified atom stereocenters. The molecule has 1 heterocycles. The predicted molar refractivity (Wildman–Crippen MR) is 70.8 cm³/mol. The van der Waals surface area contributed by atoms with E-state index in [2.05, 4.69) is 15.9 Å². The molecule has 1 N–H and O–H groups in total. The summed E-state index contributed by atoms with van der Waals surface area (Å²) < 4.78 is 6.21. The lowest BCUT2D eigenvalue weighted by Gasteiger charge is -2.22. The fraction of sp³-hybridized carbons (Fsp3) is 0.417. The largest absolute Gasteiger partial charge is 0.478 e. The van der Waals surface area contributed by atoms with Crippen LogP contribution in [0.1, 0.15) is 23.2 Å². The topological polar surface area (TPSA) is 46.5 Å². The van der Waals surface area contributed by atoms with Gasteiger partial charge < -0.3 is 9.84 Å². The summed E-state index contributed by atoms with van der Waals surface area (Å²) in [5, 5.41) is 9.59. The van der Waals surface area contributed by atoms with Crippen LogP contribution < -0.4 is 0 Å². The molecule has 1 aliphatic heterocycles. The molecule has 1 aliphatic rings. The molecule has 3 nitrogen and oxygen atoms in total. The van der Waals surface area contributed by atoms with E-state index >= 15 is 0 Å². The molecular weight excluding hydrogens is 304 g/mol. The first-order chi connectivity index (χ1) is 8.16. The van der Waals surface area contributed by atoms with E-state index in [9.17, 15) is 4.79 Å². The number of hydrogen-bond acceptors (Lipinski definition) is 3. The number of thioether (sulfide) groups is 1. The van der Waals surface area contributed by atoms with Gasteiger partial charge in [0.1, 0.15) is 0 Å². The highest BCUT2D eigenvalue weighted by Gasteiger charge is 2.18. The van der Waals surface area contributed by atoms with E-state index in [1.54, 1.807) is 23.9 Å². The van der Waals surface area contributed by atoms with Gasteiger partial charge in [-0.3, -0.25) is 0 Å². The van der Waals surface area contributed by atoms with E-state index in [1.165, 1.54) is 0 Å². The molecule has 0 atom stereocenters. The van der Waals surface area contributed by atoms with Crippen LogP contribution >= 0.6 is 27.7 Å². The second-order valence-electron chi connectivity index (χ2n) is 3.88. The highest BCUT2D eigenvalue weighted by molar-refractivity contribution is 9.10. The summed E-state index contributed by atoms with van der Waals surface area (Å²) in [6, 6.07) is 5.29. The molecule has 17 heavy (non-hydrogen) atoms. The van der Waals surface area contributed by atoms with Crippen LogP contribution in [0.25, 0.3) is 0 Å². The van der Waals surface area contributed by atoms with Crippen molar-refractivity contribution in [2.24, 2.45) is 0 Å². The molecule has 0 bridgehead atoms. The number of hydrogen-bond donors (Lipinski definition) is 1. The summed E-state index contributed by atoms with van der Waals surface area (Å²) in [6.07, 6.45) is 1.96. The highest BCUT2D eigenvalue weighted by Crippen LogP contribution is 2.33. The van der Waals surface area contributed by atoms with Crippen LogP contribution in [0.4, 0.5) is 0 Å². The van der Waals surface area contributed by atoms with Crippen molar-refractivity contribution in [3.05, 3.63) is 28.2 Å². The van der Waals surface area contributed by atoms with Crippen LogP contribution in [-0.4, -0.2) is 29.5 Å². The summed E-state index contributed by atoms with van der Waals surface area (Å²) in [5.41, 5.74) is 0.379. The Balaban J connectivity index is 2.17. The Morgan fingerprint density at radius 3 is 2.76 bits per heavy atom. The Morgan fingerprint density at radius 2 is 2.12 bits per heavy atom. The number of aromatic carboxylic acids is 1. The van der Waals surface area contributed by atoms with Crippen LogP contribution in [0.2, 0.25) is 0 Å². The van der Waals surface area contributed by atoms with E-state index in [0.29, 0.717) is 10.8 Å². The first-order valence-electron chi connectivity index (χ1n) is 5.44. The van der Waals surface area contributed by atoms with Gasteiger partial charge in [0.2, 0.25) is 0 Å². The molecule has 0 radical (unpaired) electrons. The van der Waals surface area contributed by atoms with Crippen molar-refractivity contribution in [3.63, 3.8) is 0 Å². The minimum atomic E-state index is -0.868. The highest BCUT2D eigenvalue weighted by atomic mass is 79.9. The lowest BCUT2D eigenvalue weighted by Crippen LogP contribution is -2.17. The van der Waals surface area contributed by atoms with Gasteiger partial charge in [0.05, 0.1) is 5.56 Å². The first kappa shape index (κ1) is 12.9. The molecular formula is C12H13BrO3S. The lowest BCUT2D eigenvalue weighted by atomic mass is 10.2. The second kappa shape index (κ2) is 5.89. The summed E-state index contributed by atoms with van der Waals surface area (Å²) in [5.74, 6) is -0.868. The molecule has 2 rings (SSSR count). The predicted octanol–water partition coefficient (Wildman–Crippen LogP) is 3.42. The average Bonchev–Trinajstić information content (AvgIpc) is 2.30. The number of halogens is 1. The van der Waals surface area contributed by atoms with Crippen molar-refractivity contribution in [3.8, 4) is 0 Å². The minimum Gasteiger partial charge on any atom is -0.478 e. The molecule has 92 valence electrons. The van der Waals surface area contributed by atoms with Gasteiger partial charge in [-0.05, 0) is 31.0 Å². The van der Waals surface area contributed by atoms with E-state index < -0.39 is 5.97 Å². The van der Waals surface area contributed by atoms with Crippen molar-refractivity contribution in [2.45, 2.75) is 23.0 Å². The number of benzene rings is 1. The lowest BCUT2D eigenvalue weighted by molar-refractivity contribution is 0.0693. The fourth-order valence-electron chi connectivity index (χ4n) is 1.74. The van der Waals surface area contributed by atoms with Crippen molar-refractivity contribution < 1.29 is 14.6 Å². The zero-order valence-corrected chi connectivity index (χ0v) is 11.6. The van der Waals surface area contributed by atoms with Gasteiger partial charge in [-0.1, -0.05) is 15.9 Å². The SMILES string of the molecule is O=C(O)c1ccc(Br)cc1SC1CCOCC1. The minimum absolute atomic E-state index is 0.379. The zero-order valence-electron chi connectivity index (χ0n) is 9.19. The van der Waals surface area contributed by atoms with Gasteiger partial charge in [0.15, 0.2) is 0 Å². The molecule has 5 heteroatoms. The molecule has 0 aliphatic carbocycles. The van der Waals surface area contributed by atoms with E-state index in [1.807, 2.05) is 6.07 Å². The van der Waals surface area contributed by atoms with Gasteiger partial charge in [-0.2, -0.15) is 0 Å². The fourth-order valence-corrected chi connectivity index (χ4v) is 3.52. The van der Waals surface area contributed by atoms with Crippen LogP contribution in [0.3, 0.4) is 0 Å². The normalized spacial score (nSPS) is 17.0. The van der Waals surface area contributed by atoms with E-state index in [0.717, 1.165) is 35.4 Å². The Morgan fingerprint density at radius 1 is 1.41 bits per heavy atom. The number of carboxylic acid groups (broad SMARTS) is 1. The van der Waals surface area contributed by atoms with E-state index in [-0.39, 0.29) is 0 Å². The van der Waals surface area contributed by atoms with Gasteiger partial charge in [0.25, 0.3) is 0 Å². The summed E-state index contributed by atoms with van der Waals surface area (Å²) in [6.45, 7) is 1.54. The summed E-state index contributed by atoms with van der Waals surface area (Å²) in [4.78, 5) is 12.0. The zero-order chi connectivity index (χ0) is 12.3. The standard InChI is InChI=1S/C12H13BrO3S/c13-8-1-2-10(12(14)15)11(7-8)17-9-3-5-16-6-4-9/h1-2,7,9H,3-6H2,(H,14,15). The van der Waals surface area contributed by atoms with Gasteiger partial charge in [0, 0.05) is 27.8 Å². The molecule has 1 saturated heterocycles. The second-order valence-corrected chi connectivity index (χ2v) is 6.13. The molecule has 1 aromatic rings. The monoisotopic (exact) mass is 316 g/mol. The Hall–Kier alpha value is -0.520. The maximum atomic E-state index is 11.1. The average molecular weight is 317 g/mol. The molecule has 0 amide bonds. The third kappa shape index (κ3) is 3.47. The molecule has 0 aromatic heterocycles. The molecule has 0 saturated carbocycles. The van der Waals surface area contributed by atoms with Crippen molar-refractivity contribution in [1.29, 1.82) is 0 Å². The van der Waals surface area contributed by atoms with Crippen LogP contribution in [0.5, 0.6) is 0 Å². The molecule has 0 spiro atoms. The number of ether oxygens (including phenoxy) is 1. The molecule has 1 fully saturated rings. The maximum Gasteiger partial charge on any atom is 0.336 e. The summed E-state index contributed by atoms with van der Waals surface area (Å²) in [7, 11) is 0. The Bertz CT molecular complexity index is 416. The van der Waals surface area contributed by atoms with E-state index in [4.69, 9.17) is 9.84 Å². The number of carboxylic acids is 1. The van der Waals surface area contributed by atoms with Crippen molar-refractivity contribution in [2.75, 3.05) is 13.2 Å². The maximum absolute atomic E-state index is 11.1. The van der Waals surface area contributed by atoms with Crippen LogP contribution in [0, 0.1) is 0 Å².